The maximum Gasteiger partial charge on any atom is 0.325 e. The van der Waals surface area contributed by atoms with Gasteiger partial charge in [0, 0.05) is 18.7 Å². The zero-order valence-corrected chi connectivity index (χ0v) is 14.8. The van der Waals surface area contributed by atoms with Gasteiger partial charge in [-0.05, 0) is 30.2 Å². The molecule has 136 valence electrons. The summed E-state index contributed by atoms with van der Waals surface area (Å²) in [5.41, 5.74) is 2.57. The van der Waals surface area contributed by atoms with Crippen molar-refractivity contribution >= 4 is 17.6 Å². The van der Waals surface area contributed by atoms with Crippen LogP contribution in [0.3, 0.4) is 0 Å². The summed E-state index contributed by atoms with van der Waals surface area (Å²) < 4.78 is 1.43. The number of nitrogens with one attached hydrogen (secondary N) is 1. The van der Waals surface area contributed by atoms with E-state index in [1.807, 2.05) is 43.3 Å². The second-order valence-electron chi connectivity index (χ2n) is 6.63. The molecule has 27 heavy (non-hydrogen) atoms. The molecule has 3 heterocycles. The largest absolute Gasteiger partial charge is 0.325 e. The molecule has 2 aromatic heterocycles. The first-order valence-corrected chi connectivity index (χ1v) is 8.66. The first-order chi connectivity index (χ1) is 13.0. The summed E-state index contributed by atoms with van der Waals surface area (Å²) in [4.78, 5) is 42.7. The van der Waals surface area contributed by atoms with Crippen LogP contribution in [0.2, 0.25) is 0 Å². The third kappa shape index (κ3) is 3.31. The number of rotatable bonds is 4. The molecule has 1 aliphatic rings. The molecule has 1 unspecified atom stereocenters. The normalized spacial score (nSPS) is 16.8. The first-order valence-electron chi connectivity index (χ1n) is 8.66. The van der Waals surface area contributed by atoms with Crippen LogP contribution in [0.15, 0.2) is 59.5 Å². The number of fused-ring (bicyclic) bond motifs is 1. The Morgan fingerprint density at radius 3 is 2.63 bits per heavy atom. The van der Waals surface area contributed by atoms with E-state index in [1.54, 1.807) is 12.3 Å². The van der Waals surface area contributed by atoms with Gasteiger partial charge in [0.2, 0.25) is 0 Å². The van der Waals surface area contributed by atoms with Crippen molar-refractivity contribution in [3.63, 3.8) is 0 Å². The van der Waals surface area contributed by atoms with E-state index in [9.17, 15) is 14.4 Å². The molecule has 1 saturated heterocycles. The maximum absolute atomic E-state index is 12.7. The molecule has 3 aromatic rings. The minimum absolute atomic E-state index is 0.0321. The average molecular weight is 362 g/mol. The van der Waals surface area contributed by atoms with Crippen LogP contribution in [0.1, 0.15) is 16.8 Å². The number of aromatic nitrogens is 2. The molecule has 1 fully saturated rings. The lowest BCUT2D eigenvalue weighted by molar-refractivity contribution is -0.127. The molecule has 1 aliphatic heterocycles. The Balaban J connectivity index is 1.57. The van der Waals surface area contributed by atoms with Crippen molar-refractivity contribution in [2.45, 2.75) is 25.9 Å². The van der Waals surface area contributed by atoms with Gasteiger partial charge in [-0.15, -0.1) is 0 Å². The number of hydrogen-bond acceptors (Lipinski definition) is 4. The molecular weight excluding hydrogens is 344 g/mol. The standard InChI is InChI=1S/C20H18N4O3/c1-13-7-8-23-17(9-13)21-15(11-18(23)25)12-24-19(26)16(22-20(24)27)10-14-5-3-2-4-6-14/h2-9,11,16H,10,12H2,1H3,(H,22,27). The first kappa shape index (κ1) is 17.0. The summed E-state index contributed by atoms with van der Waals surface area (Å²) in [5, 5.41) is 2.71. The van der Waals surface area contributed by atoms with Gasteiger partial charge in [0.25, 0.3) is 11.5 Å². The van der Waals surface area contributed by atoms with E-state index in [0.717, 1.165) is 16.0 Å². The van der Waals surface area contributed by atoms with E-state index < -0.39 is 12.1 Å². The molecule has 0 aliphatic carbocycles. The average Bonchev–Trinajstić information content (AvgIpc) is 2.89. The number of urea groups is 1. The highest BCUT2D eigenvalue weighted by Crippen LogP contribution is 2.15. The van der Waals surface area contributed by atoms with Gasteiger partial charge in [-0.3, -0.25) is 18.9 Å². The number of carbonyl (C=O) groups excluding carboxylic acids is 2. The number of nitrogens with zero attached hydrogens (tertiary/aromatic N) is 3. The molecule has 0 radical (unpaired) electrons. The van der Waals surface area contributed by atoms with Crippen molar-refractivity contribution in [3.05, 3.63) is 81.9 Å². The van der Waals surface area contributed by atoms with E-state index >= 15 is 0 Å². The van der Waals surface area contributed by atoms with Crippen LogP contribution in [-0.4, -0.2) is 32.3 Å². The molecule has 1 N–H and O–H groups in total. The fourth-order valence-corrected chi connectivity index (χ4v) is 3.21. The second kappa shape index (κ2) is 6.68. The van der Waals surface area contributed by atoms with E-state index in [1.165, 1.54) is 10.5 Å². The highest BCUT2D eigenvalue weighted by molar-refractivity contribution is 6.04. The molecule has 0 spiro atoms. The fourth-order valence-electron chi connectivity index (χ4n) is 3.21. The van der Waals surface area contributed by atoms with E-state index in [2.05, 4.69) is 10.3 Å². The molecule has 7 heteroatoms. The Bertz CT molecular complexity index is 1090. The van der Waals surface area contributed by atoms with Crippen molar-refractivity contribution < 1.29 is 9.59 Å². The summed E-state index contributed by atoms with van der Waals surface area (Å²) in [5.74, 6) is -0.310. The van der Waals surface area contributed by atoms with Crippen molar-refractivity contribution in [1.29, 1.82) is 0 Å². The summed E-state index contributed by atoms with van der Waals surface area (Å²) in [6, 6.07) is 13.4. The number of amides is 3. The van der Waals surface area contributed by atoms with E-state index in [4.69, 9.17) is 0 Å². The smallest absolute Gasteiger partial charge is 0.325 e. The third-order valence-electron chi connectivity index (χ3n) is 4.59. The Morgan fingerprint density at radius 1 is 1.07 bits per heavy atom. The number of carbonyl (C=O) groups is 2. The number of imide groups is 1. The SMILES string of the molecule is Cc1ccn2c(=O)cc(CN3C(=O)NC(Cc4ccccc4)C3=O)nc2c1. The quantitative estimate of drug-likeness (QED) is 0.716. The number of pyridine rings is 1. The minimum atomic E-state index is -0.608. The molecular formula is C20H18N4O3. The number of hydrogen-bond donors (Lipinski definition) is 1. The predicted molar refractivity (Wildman–Crippen MR) is 99.2 cm³/mol. The molecule has 4 rings (SSSR count). The van der Waals surface area contributed by atoms with E-state index in [-0.39, 0.29) is 18.0 Å². The molecule has 0 saturated carbocycles. The predicted octanol–water partition coefficient (Wildman–Crippen LogP) is 1.67. The van der Waals surface area contributed by atoms with Crippen LogP contribution in [0.5, 0.6) is 0 Å². The molecule has 1 aromatic carbocycles. The monoisotopic (exact) mass is 362 g/mol. The van der Waals surface area contributed by atoms with Gasteiger partial charge in [0.15, 0.2) is 0 Å². The molecule has 3 amide bonds. The molecule has 0 bridgehead atoms. The van der Waals surface area contributed by atoms with Gasteiger partial charge in [-0.1, -0.05) is 30.3 Å². The lowest BCUT2D eigenvalue weighted by atomic mass is 10.1. The zero-order valence-electron chi connectivity index (χ0n) is 14.8. The van der Waals surface area contributed by atoms with Crippen LogP contribution in [0.4, 0.5) is 4.79 Å². The third-order valence-corrected chi connectivity index (χ3v) is 4.59. The van der Waals surface area contributed by atoms with Gasteiger partial charge in [0.05, 0.1) is 12.2 Å². The van der Waals surface area contributed by atoms with Crippen LogP contribution >= 0.6 is 0 Å². The highest BCUT2D eigenvalue weighted by atomic mass is 16.2. The number of aryl methyl sites for hydroxylation is 1. The molecule has 7 nitrogen and oxygen atoms in total. The van der Waals surface area contributed by atoms with Crippen LogP contribution < -0.4 is 10.9 Å². The van der Waals surface area contributed by atoms with Crippen LogP contribution in [0.25, 0.3) is 5.65 Å². The van der Waals surface area contributed by atoms with Gasteiger partial charge >= 0.3 is 6.03 Å². The topological polar surface area (TPSA) is 83.8 Å². The van der Waals surface area contributed by atoms with Crippen molar-refractivity contribution in [2.24, 2.45) is 0 Å². The second-order valence-corrected chi connectivity index (χ2v) is 6.63. The van der Waals surface area contributed by atoms with Crippen LogP contribution in [0, 0.1) is 6.92 Å². The van der Waals surface area contributed by atoms with E-state index in [0.29, 0.717) is 17.8 Å². The van der Waals surface area contributed by atoms with Gasteiger partial charge in [0.1, 0.15) is 11.7 Å². The van der Waals surface area contributed by atoms with Crippen molar-refractivity contribution in [2.75, 3.05) is 0 Å². The summed E-state index contributed by atoms with van der Waals surface area (Å²) in [6.45, 7) is 1.88. The van der Waals surface area contributed by atoms with Crippen LogP contribution in [-0.2, 0) is 17.8 Å². The Labute approximate surface area is 155 Å². The fraction of sp³-hybridized carbons (Fsp3) is 0.200. The summed E-state index contributed by atoms with van der Waals surface area (Å²) in [6.07, 6.45) is 2.09. The number of benzene rings is 1. The zero-order chi connectivity index (χ0) is 19.0. The Morgan fingerprint density at radius 2 is 1.85 bits per heavy atom. The Kier molecular flexibility index (Phi) is 4.19. The van der Waals surface area contributed by atoms with Gasteiger partial charge in [-0.2, -0.15) is 0 Å². The summed E-state index contributed by atoms with van der Waals surface area (Å²) in [7, 11) is 0. The highest BCUT2D eigenvalue weighted by Gasteiger charge is 2.38. The lowest BCUT2D eigenvalue weighted by Gasteiger charge is -2.13. The minimum Gasteiger partial charge on any atom is -0.325 e. The van der Waals surface area contributed by atoms with Crippen molar-refractivity contribution in [1.82, 2.24) is 19.6 Å². The van der Waals surface area contributed by atoms with Gasteiger partial charge < -0.3 is 5.32 Å². The lowest BCUT2D eigenvalue weighted by Crippen LogP contribution is -2.32. The van der Waals surface area contributed by atoms with Gasteiger partial charge in [-0.25, -0.2) is 9.78 Å². The van der Waals surface area contributed by atoms with Crippen molar-refractivity contribution in [3.8, 4) is 0 Å². The maximum atomic E-state index is 12.7. The summed E-state index contributed by atoms with van der Waals surface area (Å²) >= 11 is 0. The molecule has 1 atom stereocenters. The Hall–Kier alpha value is -3.48.